The van der Waals surface area contributed by atoms with Crippen LogP contribution in [0.2, 0.25) is 5.02 Å². The van der Waals surface area contributed by atoms with Gasteiger partial charge in [-0.1, -0.05) is 35.9 Å². The smallest absolute Gasteiger partial charge is 0.273 e. The first-order valence-electron chi connectivity index (χ1n) is 9.03. The van der Waals surface area contributed by atoms with Crippen molar-refractivity contribution in [2.75, 3.05) is 0 Å². The van der Waals surface area contributed by atoms with Crippen LogP contribution < -0.4 is 16.3 Å². The molecule has 1 heterocycles. The summed E-state index contributed by atoms with van der Waals surface area (Å²) < 4.78 is 1.71. The summed E-state index contributed by atoms with van der Waals surface area (Å²) in [6.07, 6.45) is 0. The van der Waals surface area contributed by atoms with E-state index in [0.717, 1.165) is 0 Å². The number of hydrazine groups is 1. The highest BCUT2D eigenvalue weighted by Gasteiger charge is 2.15. The highest BCUT2D eigenvalue weighted by molar-refractivity contribution is 6.31. The third-order valence-corrected chi connectivity index (χ3v) is 4.93. The number of halogens is 1. The Bertz CT molecular complexity index is 1300. The first-order valence-corrected chi connectivity index (χ1v) is 9.41. The van der Waals surface area contributed by atoms with E-state index in [1.54, 1.807) is 53.1 Å². The molecule has 0 spiro atoms. The van der Waals surface area contributed by atoms with Gasteiger partial charge in [0.2, 0.25) is 0 Å². The molecule has 0 atom stereocenters. The molecule has 0 aliphatic heterocycles. The van der Waals surface area contributed by atoms with Gasteiger partial charge >= 0.3 is 0 Å². The zero-order chi connectivity index (χ0) is 21.3. The van der Waals surface area contributed by atoms with Crippen LogP contribution in [-0.2, 0) is 11.3 Å². The molecule has 0 radical (unpaired) electrons. The molecule has 4 aromatic rings. The molecular weight excluding hydrogens is 406 g/mol. The van der Waals surface area contributed by atoms with Crippen LogP contribution in [0.1, 0.15) is 10.4 Å². The summed E-state index contributed by atoms with van der Waals surface area (Å²) in [5.74, 6) is -1.48. The second-order valence-electron chi connectivity index (χ2n) is 6.61. The molecule has 0 unspecified atom stereocenters. The van der Waals surface area contributed by atoms with Crippen LogP contribution in [-0.4, -0.2) is 21.5 Å². The number of benzene rings is 3. The van der Waals surface area contributed by atoms with Gasteiger partial charge in [-0.2, -0.15) is 0 Å². The summed E-state index contributed by atoms with van der Waals surface area (Å²) >= 11 is 5.85. The van der Waals surface area contributed by atoms with Gasteiger partial charge in [0.15, 0.2) is 5.43 Å². The number of hydrogen-bond acceptors (Lipinski definition) is 4. The van der Waals surface area contributed by atoms with Gasteiger partial charge < -0.3 is 9.67 Å². The van der Waals surface area contributed by atoms with Crippen LogP contribution in [0.25, 0.3) is 21.8 Å². The van der Waals surface area contributed by atoms with Gasteiger partial charge in [-0.05, 0) is 42.5 Å². The molecule has 30 heavy (non-hydrogen) atoms. The average molecular weight is 422 g/mol. The normalized spacial score (nSPS) is 10.8. The topological polar surface area (TPSA) is 100 Å². The molecule has 7 nitrogen and oxygen atoms in total. The third kappa shape index (κ3) is 3.58. The van der Waals surface area contributed by atoms with Crippen molar-refractivity contribution in [3.8, 4) is 5.75 Å². The standard InChI is InChI=1S/C22H16ClN3O4/c23-13-9-10-19(27)16(11-13)22(30)25-24-20(28)12-26-17-7-3-1-5-14(17)21(29)15-6-2-4-8-18(15)26/h1-11,27H,12H2,(H,24,28)(H,25,30). The summed E-state index contributed by atoms with van der Waals surface area (Å²) in [5, 5.41) is 11.1. The lowest BCUT2D eigenvalue weighted by atomic mass is 10.1. The van der Waals surface area contributed by atoms with Gasteiger partial charge in [-0.15, -0.1) is 0 Å². The summed E-state index contributed by atoms with van der Waals surface area (Å²) in [4.78, 5) is 37.6. The number of aromatic hydroxyl groups is 1. The number of carbonyl (C=O) groups excluding carboxylic acids is 2. The number of hydrogen-bond donors (Lipinski definition) is 3. The monoisotopic (exact) mass is 421 g/mol. The average Bonchev–Trinajstić information content (AvgIpc) is 2.76. The SMILES string of the molecule is O=C(Cn1c2ccccc2c(=O)c2ccccc21)NNC(=O)c1cc(Cl)ccc1O. The largest absolute Gasteiger partial charge is 0.507 e. The minimum Gasteiger partial charge on any atom is -0.507 e. The van der Waals surface area contributed by atoms with Gasteiger partial charge in [0.05, 0.1) is 16.6 Å². The molecule has 0 saturated heterocycles. The van der Waals surface area contributed by atoms with Crippen LogP contribution in [0.15, 0.2) is 71.5 Å². The van der Waals surface area contributed by atoms with Crippen molar-refractivity contribution in [1.82, 2.24) is 15.4 Å². The van der Waals surface area contributed by atoms with Crippen molar-refractivity contribution >= 4 is 45.2 Å². The molecule has 0 aliphatic rings. The zero-order valence-electron chi connectivity index (χ0n) is 15.6. The third-order valence-electron chi connectivity index (χ3n) is 4.70. The molecule has 1 aromatic heterocycles. The maximum atomic E-state index is 12.8. The Hall–Kier alpha value is -3.84. The number of pyridine rings is 1. The van der Waals surface area contributed by atoms with Crippen molar-refractivity contribution in [2.45, 2.75) is 6.54 Å². The van der Waals surface area contributed by atoms with Gasteiger partial charge in [-0.25, -0.2) is 0 Å². The number of phenolic OH excluding ortho intramolecular Hbond substituents is 1. The number of aromatic nitrogens is 1. The fourth-order valence-corrected chi connectivity index (χ4v) is 3.49. The van der Waals surface area contributed by atoms with E-state index >= 15 is 0 Å². The van der Waals surface area contributed by atoms with E-state index in [1.165, 1.54) is 18.2 Å². The van der Waals surface area contributed by atoms with E-state index in [4.69, 9.17) is 11.6 Å². The van der Waals surface area contributed by atoms with Crippen LogP contribution in [0.4, 0.5) is 0 Å². The highest BCUT2D eigenvalue weighted by Crippen LogP contribution is 2.21. The maximum Gasteiger partial charge on any atom is 0.273 e. The van der Waals surface area contributed by atoms with E-state index in [-0.39, 0.29) is 28.3 Å². The molecule has 0 fully saturated rings. The van der Waals surface area contributed by atoms with Crippen molar-refractivity contribution in [3.63, 3.8) is 0 Å². The first kappa shape index (κ1) is 19.5. The molecule has 0 bridgehead atoms. The molecule has 2 amide bonds. The van der Waals surface area contributed by atoms with Crippen LogP contribution in [0, 0.1) is 0 Å². The maximum absolute atomic E-state index is 12.8. The van der Waals surface area contributed by atoms with Crippen molar-refractivity contribution in [1.29, 1.82) is 0 Å². The van der Waals surface area contributed by atoms with Gasteiger partial charge in [-0.3, -0.25) is 25.2 Å². The van der Waals surface area contributed by atoms with Crippen LogP contribution in [0.5, 0.6) is 5.75 Å². The fraction of sp³-hybridized carbons (Fsp3) is 0.0455. The van der Waals surface area contributed by atoms with E-state index in [2.05, 4.69) is 10.9 Å². The lowest BCUT2D eigenvalue weighted by Crippen LogP contribution is -2.43. The molecule has 4 rings (SSSR count). The lowest BCUT2D eigenvalue weighted by molar-refractivity contribution is -0.122. The van der Waals surface area contributed by atoms with E-state index in [1.807, 2.05) is 0 Å². The van der Waals surface area contributed by atoms with Crippen molar-refractivity contribution in [3.05, 3.63) is 87.5 Å². The van der Waals surface area contributed by atoms with Gasteiger partial charge in [0.25, 0.3) is 11.8 Å². The number of carbonyl (C=O) groups is 2. The predicted octanol–water partition coefficient (Wildman–Crippen LogP) is 2.97. The number of nitrogens with zero attached hydrogens (tertiary/aromatic N) is 1. The fourth-order valence-electron chi connectivity index (χ4n) is 3.31. The number of rotatable bonds is 3. The second kappa shape index (κ2) is 7.88. The van der Waals surface area contributed by atoms with Crippen molar-refractivity contribution < 1.29 is 14.7 Å². The quantitative estimate of drug-likeness (QED) is 0.349. The number of phenols is 1. The number of fused-ring (bicyclic) bond motifs is 2. The molecular formula is C22H16ClN3O4. The predicted molar refractivity (Wildman–Crippen MR) is 114 cm³/mol. The zero-order valence-corrected chi connectivity index (χ0v) is 16.3. The molecule has 8 heteroatoms. The Morgan fingerprint density at radius 3 is 2.13 bits per heavy atom. The summed E-state index contributed by atoms with van der Waals surface area (Å²) in [6, 6.07) is 18.1. The van der Waals surface area contributed by atoms with Gasteiger partial charge in [0.1, 0.15) is 12.3 Å². The molecule has 3 N–H and O–H groups in total. The highest BCUT2D eigenvalue weighted by atomic mass is 35.5. The lowest BCUT2D eigenvalue weighted by Gasteiger charge is -2.15. The Morgan fingerprint density at radius 1 is 0.900 bits per heavy atom. The van der Waals surface area contributed by atoms with E-state index in [0.29, 0.717) is 21.8 Å². The Balaban J connectivity index is 1.62. The first-order chi connectivity index (χ1) is 14.5. The number of nitrogens with one attached hydrogen (secondary N) is 2. The Morgan fingerprint density at radius 2 is 1.50 bits per heavy atom. The van der Waals surface area contributed by atoms with Crippen LogP contribution in [0.3, 0.4) is 0 Å². The Labute approximate surface area is 175 Å². The van der Waals surface area contributed by atoms with Crippen molar-refractivity contribution in [2.24, 2.45) is 0 Å². The molecule has 0 aliphatic carbocycles. The molecule has 3 aromatic carbocycles. The molecule has 150 valence electrons. The minimum atomic E-state index is -0.710. The minimum absolute atomic E-state index is 0.0675. The summed E-state index contributed by atoms with van der Waals surface area (Å²) in [5.41, 5.74) is 5.63. The van der Waals surface area contributed by atoms with E-state index in [9.17, 15) is 19.5 Å². The van der Waals surface area contributed by atoms with Gasteiger partial charge in [0, 0.05) is 15.8 Å². The number of amides is 2. The van der Waals surface area contributed by atoms with E-state index < -0.39 is 11.8 Å². The van der Waals surface area contributed by atoms with Crippen LogP contribution >= 0.6 is 11.6 Å². The second-order valence-corrected chi connectivity index (χ2v) is 7.05. The summed E-state index contributed by atoms with van der Waals surface area (Å²) in [6.45, 7) is -0.136. The molecule has 0 saturated carbocycles. The Kier molecular flexibility index (Phi) is 5.12. The number of para-hydroxylation sites is 2. The summed E-state index contributed by atoms with van der Waals surface area (Å²) in [7, 11) is 0.